The van der Waals surface area contributed by atoms with Gasteiger partial charge in [0, 0.05) is 36.4 Å². The molecule has 0 spiro atoms. The summed E-state index contributed by atoms with van der Waals surface area (Å²) in [6.45, 7) is 1.54. The van der Waals surface area contributed by atoms with Crippen LogP contribution in [0.3, 0.4) is 0 Å². The number of benzene rings is 1. The van der Waals surface area contributed by atoms with E-state index in [1.165, 1.54) is 14.2 Å². The van der Waals surface area contributed by atoms with E-state index in [1.807, 2.05) is 0 Å². The van der Waals surface area contributed by atoms with Crippen molar-refractivity contribution in [1.82, 2.24) is 15.0 Å². The number of aliphatic hydroxyl groups excluding tert-OH is 1. The summed E-state index contributed by atoms with van der Waals surface area (Å²) < 4.78 is 16.2. The quantitative estimate of drug-likeness (QED) is 0.445. The summed E-state index contributed by atoms with van der Waals surface area (Å²) in [5.74, 6) is 1.76. The third kappa shape index (κ3) is 4.47. The van der Waals surface area contributed by atoms with E-state index in [4.69, 9.17) is 42.4 Å². The molecule has 9 nitrogen and oxygen atoms in total. The van der Waals surface area contributed by atoms with Gasteiger partial charge < -0.3 is 30.0 Å². The zero-order valence-electron chi connectivity index (χ0n) is 17.6. The Morgan fingerprint density at radius 3 is 2.53 bits per heavy atom. The molecule has 11 heteroatoms. The number of aromatic nitrogens is 3. The van der Waals surface area contributed by atoms with Gasteiger partial charge in [-0.25, -0.2) is 15.0 Å². The second-order valence-corrected chi connectivity index (χ2v) is 7.88. The molecule has 1 aromatic carbocycles. The summed E-state index contributed by atoms with van der Waals surface area (Å²) in [5, 5.41) is 17.1. The lowest BCUT2D eigenvalue weighted by Crippen LogP contribution is -2.20. The Balaban J connectivity index is 1.84. The molecule has 3 N–H and O–H groups in total. The van der Waals surface area contributed by atoms with Crippen LogP contribution in [0.15, 0.2) is 18.3 Å². The Bertz CT molecular complexity index is 1100. The molecule has 0 bridgehead atoms. The van der Waals surface area contributed by atoms with E-state index in [-0.39, 0.29) is 19.2 Å². The van der Waals surface area contributed by atoms with Gasteiger partial charge in [0.2, 0.25) is 5.95 Å². The van der Waals surface area contributed by atoms with E-state index >= 15 is 0 Å². The van der Waals surface area contributed by atoms with Crippen molar-refractivity contribution in [3.05, 3.63) is 28.4 Å². The van der Waals surface area contributed by atoms with Crippen LogP contribution in [0.1, 0.15) is 6.42 Å². The highest BCUT2D eigenvalue weighted by molar-refractivity contribution is 6.41. The molecule has 32 heavy (non-hydrogen) atoms. The molecule has 0 saturated carbocycles. The first-order valence-electron chi connectivity index (χ1n) is 10.0. The molecule has 1 unspecified atom stereocenters. The van der Waals surface area contributed by atoms with Gasteiger partial charge in [0.15, 0.2) is 5.82 Å². The first-order chi connectivity index (χ1) is 15.5. The molecule has 3 heterocycles. The number of hydrogen-bond donors (Lipinski definition) is 3. The summed E-state index contributed by atoms with van der Waals surface area (Å²) in [6.07, 6.45) is 2.60. The number of anilines is 2. The molecule has 0 amide bonds. The van der Waals surface area contributed by atoms with Gasteiger partial charge >= 0.3 is 0 Å². The van der Waals surface area contributed by atoms with Crippen molar-refractivity contribution in [3.63, 3.8) is 0 Å². The van der Waals surface area contributed by atoms with Crippen LogP contribution in [0.2, 0.25) is 10.0 Å². The van der Waals surface area contributed by atoms with Crippen molar-refractivity contribution in [2.75, 3.05) is 51.2 Å². The molecular weight excluding hydrogens is 457 g/mol. The van der Waals surface area contributed by atoms with Gasteiger partial charge in [0.05, 0.1) is 49.2 Å². The molecule has 1 atom stereocenters. The van der Waals surface area contributed by atoms with Crippen LogP contribution in [-0.4, -0.2) is 66.7 Å². The van der Waals surface area contributed by atoms with Gasteiger partial charge in [-0.3, -0.25) is 0 Å². The number of hydrogen-bond acceptors (Lipinski definition) is 9. The van der Waals surface area contributed by atoms with Crippen LogP contribution < -0.4 is 20.1 Å². The zero-order chi connectivity index (χ0) is 22.7. The zero-order valence-corrected chi connectivity index (χ0v) is 19.1. The topological polar surface area (TPSA) is 111 Å². The SMILES string of the molecule is COc1cc(OC)c(Cl)c(-c2cc3cnc(NC4CCOC4)nc3c(NCCO)n2)c1Cl. The number of pyridine rings is 1. The molecule has 1 aliphatic heterocycles. The van der Waals surface area contributed by atoms with E-state index in [2.05, 4.69) is 20.6 Å². The van der Waals surface area contributed by atoms with Gasteiger partial charge in [-0.15, -0.1) is 0 Å². The summed E-state index contributed by atoms with van der Waals surface area (Å²) in [6, 6.07) is 3.58. The Labute approximate surface area is 195 Å². The van der Waals surface area contributed by atoms with Crippen molar-refractivity contribution < 1.29 is 19.3 Å². The van der Waals surface area contributed by atoms with Gasteiger partial charge in [-0.2, -0.15) is 0 Å². The first kappa shape index (κ1) is 22.6. The van der Waals surface area contributed by atoms with Crippen molar-refractivity contribution >= 4 is 45.9 Å². The summed E-state index contributed by atoms with van der Waals surface area (Å²) in [4.78, 5) is 13.8. The third-order valence-electron chi connectivity index (χ3n) is 5.06. The Hall–Kier alpha value is -2.59. The van der Waals surface area contributed by atoms with Crippen molar-refractivity contribution in [3.8, 4) is 22.8 Å². The predicted molar refractivity (Wildman–Crippen MR) is 124 cm³/mol. The highest BCUT2D eigenvalue weighted by atomic mass is 35.5. The van der Waals surface area contributed by atoms with Gasteiger partial charge in [-0.05, 0) is 12.5 Å². The van der Waals surface area contributed by atoms with Crippen LogP contribution >= 0.6 is 23.2 Å². The maximum absolute atomic E-state index is 9.33. The highest BCUT2D eigenvalue weighted by Gasteiger charge is 2.22. The van der Waals surface area contributed by atoms with Crippen LogP contribution in [0.5, 0.6) is 11.5 Å². The summed E-state index contributed by atoms with van der Waals surface area (Å²) in [7, 11) is 3.02. The van der Waals surface area contributed by atoms with Gasteiger partial charge in [-0.1, -0.05) is 23.2 Å². The first-order valence-corrected chi connectivity index (χ1v) is 10.8. The number of methoxy groups -OCH3 is 2. The maximum Gasteiger partial charge on any atom is 0.223 e. The van der Waals surface area contributed by atoms with E-state index in [0.29, 0.717) is 63.3 Å². The Morgan fingerprint density at radius 2 is 1.91 bits per heavy atom. The molecule has 4 rings (SSSR count). The number of halogens is 2. The van der Waals surface area contributed by atoms with Crippen LogP contribution in [0, 0.1) is 0 Å². The minimum absolute atomic E-state index is 0.0719. The van der Waals surface area contributed by atoms with E-state index in [9.17, 15) is 5.11 Å². The van der Waals surface area contributed by atoms with Gasteiger partial charge in [0.25, 0.3) is 0 Å². The fourth-order valence-electron chi connectivity index (χ4n) is 3.48. The number of nitrogens with zero attached hydrogens (tertiary/aromatic N) is 3. The lowest BCUT2D eigenvalue weighted by Gasteiger charge is -2.16. The summed E-state index contributed by atoms with van der Waals surface area (Å²) >= 11 is 13.2. The molecule has 1 aliphatic rings. The van der Waals surface area contributed by atoms with Crippen LogP contribution in [0.4, 0.5) is 11.8 Å². The molecule has 0 radical (unpaired) electrons. The Morgan fingerprint density at radius 1 is 1.16 bits per heavy atom. The van der Waals surface area contributed by atoms with Crippen molar-refractivity contribution in [1.29, 1.82) is 0 Å². The van der Waals surface area contributed by atoms with Crippen molar-refractivity contribution in [2.45, 2.75) is 12.5 Å². The lowest BCUT2D eigenvalue weighted by atomic mass is 10.1. The number of aliphatic hydroxyl groups is 1. The average molecular weight is 480 g/mol. The second-order valence-electron chi connectivity index (χ2n) is 7.13. The molecule has 1 fully saturated rings. The monoisotopic (exact) mass is 479 g/mol. The minimum Gasteiger partial charge on any atom is -0.495 e. The maximum atomic E-state index is 9.33. The molecule has 0 aliphatic carbocycles. The average Bonchev–Trinajstić information content (AvgIpc) is 3.31. The number of ether oxygens (including phenoxy) is 3. The predicted octanol–water partition coefficient (Wildman–Crippen LogP) is 3.62. The highest BCUT2D eigenvalue weighted by Crippen LogP contribution is 2.46. The molecule has 1 saturated heterocycles. The lowest BCUT2D eigenvalue weighted by molar-refractivity contribution is 0.195. The number of nitrogens with one attached hydrogen (secondary N) is 2. The van der Waals surface area contributed by atoms with Crippen LogP contribution in [0.25, 0.3) is 22.2 Å². The smallest absolute Gasteiger partial charge is 0.223 e. The molecule has 2 aromatic heterocycles. The Kier molecular flexibility index (Phi) is 7.00. The fraction of sp³-hybridized carbons (Fsp3) is 0.381. The van der Waals surface area contributed by atoms with Crippen molar-refractivity contribution in [2.24, 2.45) is 0 Å². The van der Waals surface area contributed by atoms with Gasteiger partial charge in [0.1, 0.15) is 17.0 Å². The van der Waals surface area contributed by atoms with E-state index in [0.717, 1.165) is 11.8 Å². The largest absolute Gasteiger partial charge is 0.495 e. The number of rotatable bonds is 8. The van der Waals surface area contributed by atoms with E-state index in [1.54, 1.807) is 18.3 Å². The standard InChI is InChI=1S/C21H23Cl2N5O4/c1-30-14-8-15(31-2)18(23)16(17(14)22)13-7-11-9-25-21(26-12-3-6-32-10-12)28-19(11)20(27-13)24-4-5-29/h7-9,12,29H,3-6,10H2,1-2H3,(H,24,27)(H,25,26,28). The second kappa shape index (κ2) is 9.91. The fourth-order valence-corrected chi connectivity index (χ4v) is 4.17. The number of fused-ring (bicyclic) bond motifs is 1. The van der Waals surface area contributed by atoms with Crippen LogP contribution in [-0.2, 0) is 4.74 Å². The molecule has 3 aromatic rings. The molecule has 170 valence electrons. The normalized spacial score (nSPS) is 15.7. The molecular formula is C21H23Cl2N5O4. The summed E-state index contributed by atoms with van der Waals surface area (Å²) in [5.41, 5.74) is 1.54. The van der Waals surface area contributed by atoms with E-state index < -0.39 is 0 Å². The minimum atomic E-state index is -0.0719. The third-order valence-corrected chi connectivity index (χ3v) is 5.81.